The molecule has 2 fully saturated rings. The van der Waals surface area contributed by atoms with Crippen molar-refractivity contribution in [2.75, 3.05) is 26.7 Å². The normalized spacial score (nSPS) is 22.2. The second kappa shape index (κ2) is 8.45. The minimum absolute atomic E-state index is 0.129. The molecule has 154 valence electrons. The number of aromatic nitrogens is 2. The number of ether oxygens (including phenoxy) is 1. The summed E-state index contributed by atoms with van der Waals surface area (Å²) in [4.78, 5) is 25.5. The molecule has 3 heterocycles. The smallest absolute Gasteiger partial charge is 0.316 e. The van der Waals surface area contributed by atoms with E-state index in [4.69, 9.17) is 4.74 Å². The van der Waals surface area contributed by atoms with Gasteiger partial charge in [-0.25, -0.2) is 14.4 Å². The largest absolute Gasteiger partial charge is 0.467 e. The highest BCUT2D eigenvalue weighted by Crippen LogP contribution is 2.27. The summed E-state index contributed by atoms with van der Waals surface area (Å²) in [5.74, 6) is -0.724. The summed E-state index contributed by atoms with van der Waals surface area (Å²) in [6.07, 6.45) is 7.55. The Balaban J connectivity index is 1.50. The molecule has 0 unspecified atom stereocenters. The van der Waals surface area contributed by atoms with Crippen LogP contribution in [0.2, 0.25) is 0 Å². The van der Waals surface area contributed by atoms with Crippen LogP contribution in [0.4, 0.5) is 4.39 Å². The van der Waals surface area contributed by atoms with Gasteiger partial charge in [0, 0.05) is 43.1 Å². The maximum Gasteiger partial charge on any atom is 0.316 e. The van der Waals surface area contributed by atoms with E-state index < -0.39 is 5.82 Å². The number of halogens is 1. The van der Waals surface area contributed by atoms with Crippen LogP contribution < -0.4 is 4.74 Å². The monoisotopic (exact) mass is 398 g/mol. The van der Waals surface area contributed by atoms with Crippen molar-refractivity contribution in [1.82, 2.24) is 19.8 Å². The van der Waals surface area contributed by atoms with Crippen LogP contribution in [0.5, 0.6) is 6.01 Å². The van der Waals surface area contributed by atoms with Crippen molar-refractivity contribution < 1.29 is 13.9 Å². The highest BCUT2D eigenvalue weighted by atomic mass is 19.1. The summed E-state index contributed by atoms with van der Waals surface area (Å²) in [6, 6.07) is 5.69. The molecular formula is C22H27FN4O2. The highest BCUT2D eigenvalue weighted by molar-refractivity contribution is 5.95. The van der Waals surface area contributed by atoms with Gasteiger partial charge in [0.15, 0.2) is 0 Å². The lowest BCUT2D eigenvalue weighted by molar-refractivity contribution is 0.0692. The molecule has 29 heavy (non-hydrogen) atoms. The maximum atomic E-state index is 14.9. The topological polar surface area (TPSA) is 58.6 Å². The second-order valence-corrected chi connectivity index (χ2v) is 7.93. The van der Waals surface area contributed by atoms with Crippen LogP contribution in [-0.2, 0) is 0 Å². The van der Waals surface area contributed by atoms with Gasteiger partial charge in [-0.3, -0.25) is 9.69 Å². The van der Waals surface area contributed by atoms with Gasteiger partial charge in [0.05, 0.1) is 12.7 Å². The molecule has 7 heteroatoms. The van der Waals surface area contributed by atoms with E-state index in [-0.39, 0.29) is 23.5 Å². The standard InChI is InChI=1S/C22H27FN4O2/c1-15-5-3-9-26(15)14-18-6-4-10-27(18)21(28)19-8-7-16(11-20(19)23)17-12-24-22(29-2)25-13-17/h7-8,11-13,15,18H,3-6,9-10,14H2,1-2H3/t15-,18+/m1/s1. The average Bonchev–Trinajstić information content (AvgIpc) is 3.37. The lowest BCUT2D eigenvalue weighted by Gasteiger charge is -2.31. The van der Waals surface area contributed by atoms with Gasteiger partial charge in [-0.2, -0.15) is 0 Å². The van der Waals surface area contributed by atoms with Crippen LogP contribution >= 0.6 is 0 Å². The molecule has 0 bridgehead atoms. The fourth-order valence-electron chi connectivity index (χ4n) is 4.42. The van der Waals surface area contributed by atoms with Crippen molar-refractivity contribution in [3.8, 4) is 17.1 Å². The zero-order valence-electron chi connectivity index (χ0n) is 17.0. The Bertz CT molecular complexity index is 874. The van der Waals surface area contributed by atoms with Gasteiger partial charge in [-0.05, 0) is 56.8 Å². The molecule has 0 saturated carbocycles. The van der Waals surface area contributed by atoms with Crippen molar-refractivity contribution in [2.24, 2.45) is 0 Å². The number of nitrogens with zero attached hydrogens (tertiary/aromatic N) is 4. The van der Waals surface area contributed by atoms with Crippen LogP contribution in [0, 0.1) is 5.82 Å². The number of likely N-dealkylation sites (tertiary alicyclic amines) is 2. The molecule has 0 spiro atoms. The molecule has 0 aliphatic carbocycles. The predicted octanol–water partition coefficient (Wildman–Crippen LogP) is 3.38. The number of hydrogen-bond donors (Lipinski definition) is 0. The molecule has 2 saturated heterocycles. The predicted molar refractivity (Wildman–Crippen MR) is 108 cm³/mol. The number of carbonyl (C=O) groups excluding carboxylic acids is 1. The number of benzene rings is 1. The lowest BCUT2D eigenvalue weighted by atomic mass is 10.0. The Kier molecular flexibility index (Phi) is 5.76. The molecule has 2 aromatic rings. The Morgan fingerprint density at radius 3 is 2.59 bits per heavy atom. The maximum absolute atomic E-state index is 14.9. The van der Waals surface area contributed by atoms with Gasteiger partial charge in [0.1, 0.15) is 5.82 Å². The van der Waals surface area contributed by atoms with Gasteiger partial charge in [0.25, 0.3) is 5.91 Å². The first-order valence-electron chi connectivity index (χ1n) is 10.3. The van der Waals surface area contributed by atoms with Crippen LogP contribution in [0.3, 0.4) is 0 Å². The van der Waals surface area contributed by atoms with E-state index in [1.165, 1.54) is 26.0 Å². The molecule has 2 aliphatic heterocycles. The van der Waals surface area contributed by atoms with E-state index in [9.17, 15) is 9.18 Å². The third-order valence-electron chi connectivity index (χ3n) is 6.12. The van der Waals surface area contributed by atoms with Crippen LogP contribution in [0.1, 0.15) is 43.0 Å². The molecule has 0 N–H and O–H groups in total. The molecule has 1 aromatic heterocycles. The quantitative estimate of drug-likeness (QED) is 0.773. The third kappa shape index (κ3) is 4.10. The lowest BCUT2D eigenvalue weighted by Crippen LogP contribution is -2.44. The number of hydrogen-bond acceptors (Lipinski definition) is 5. The average molecular weight is 398 g/mol. The SMILES string of the molecule is COc1ncc(-c2ccc(C(=O)N3CCC[C@H]3CN3CCC[C@H]3C)c(F)c2)cn1. The summed E-state index contributed by atoms with van der Waals surface area (Å²) in [5.41, 5.74) is 1.43. The van der Waals surface area contributed by atoms with Gasteiger partial charge in [-0.1, -0.05) is 6.07 Å². The Hall–Kier alpha value is -2.54. The first kappa shape index (κ1) is 19.8. The summed E-state index contributed by atoms with van der Waals surface area (Å²) >= 11 is 0. The van der Waals surface area contributed by atoms with Crippen molar-refractivity contribution in [3.05, 3.63) is 42.0 Å². The van der Waals surface area contributed by atoms with E-state index in [0.29, 0.717) is 23.7 Å². The fourth-order valence-corrected chi connectivity index (χ4v) is 4.42. The van der Waals surface area contributed by atoms with Gasteiger partial charge >= 0.3 is 6.01 Å². The van der Waals surface area contributed by atoms with E-state index in [1.54, 1.807) is 24.5 Å². The van der Waals surface area contributed by atoms with E-state index >= 15 is 0 Å². The van der Waals surface area contributed by atoms with Gasteiger partial charge in [-0.15, -0.1) is 0 Å². The Labute approximate surface area is 170 Å². The molecule has 1 amide bonds. The molecule has 1 aromatic carbocycles. The summed E-state index contributed by atoms with van der Waals surface area (Å²) in [6.45, 7) is 4.91. The van der Waals surface area contributed by atoms with Crippen molar-refractivity contribution in [3.63, 3.8) is 0 Å². The van der Waals surface area contributed by atoms with Crippen LogP contribution in [0.15, 0.2) is 30.6 Å². The molecule has 2 atom stereocenters. The molecule has 6 nitrogen and oxygen atoms in total. The molecule has 4 rings (SSSR count). The van der Waals surface area contributed by atoms with Gasteiger partial charge < -0.3 is 9.64 Å². The van der Waals surface area contributed by atoms with E-state index in [1.807, 2.05) is 4.90 Å². The first-order valence-corrected chi connectivity index (χ1v) is 10.3. The number of methoxy groups -OCH3 is 1. The Morgan fingerprint density at radius 1 is 1.17 bits per heavy atom. The molecule has 2 aliphatic rings. The highest BCUT2D eigenvalue weighted by Gasteiger charge is 2.33. The van der Waals surface area contributed by atoms with E-state index in [0.717, 1.165) is 25.9 Å². The Morgan fingerprint density at radius 2 is 1.93 bits per heavy atom. The number of rotatable bonds is 5. The summed E-state index contributed by atoms with van der Waals surface area (Å²) < 4.78 is 19.8. The zero-order valence-corrected chi connectivity index (χ0v) is 17.0. The zero-order chi connectivity index (χ0) is 20.4. The van der Waals surface area contributed by atoms with Crippen LogP contribution in [-0.4, -0.2) is 64.5 Å². The minimum atomic E-state index is -0.511. The number of carbonyl (C=O) groups is 1. The van der Waals surface area contributed by atoms with Crippen molar-refractivity contribution in [2.45, 2.75) is 44.7 Å². The van der Waals surface area contributed by atoms with Gasteiger partial charge in [0.2, 0.25) is 0 Å². The van der Waals surface area contributed by atoms with Crippen LogP contribution in [0.25, 0.3) is 11.1 Å². The van der Waals surface area contributed by atoms with Crippen molar-refractivity contribution >= 4 is 5.91 Å². The fraction of sp³-hybridized carbons (Fsp3) is 0.500. The number of amides is 1. The van der Waals surface area contributed by atoms with E-state index in [2.05, 4.69) is 21.8 Å². The minimum Gasteiger partial charge on any atom is -0.467 e. The first-order chi connectivity index (χ1) is 14.1. The third-order valence-corrected chi connectivity index (χ3v) is 6.12. The molecular weight excluding hydrogens is 371 g/mol. The summed E-state index contributed by atoms with van der Waals surface area (Å²) in [7, 11) is 1.49. The second-order valence-electron chi connectivity index (χ2n) is 7.93. The summed E-state index contributed by atoms with van der Waals surface area (Å²) in [5, 5.41) is 0. The van der Waals surface area contributed by atoms with Crippen molar-refractivity contribution in [1.29, 1.82) is 0 Å². The molecule has 0 radical (unpaired) electrons.